The zero-order valence-electron chi connectivity index (χ0n) is 9.38. The second-order valence-corrected chi connectivity index (χ2v) is 3.51. The number of aryl methyl sites for hydroxylation is 1. The van der Waals surface area contributed by atoms with Crippen LogP contribution in [0.2, 0.25) is 0 Å². The molecule has 0 saturated carbocycles. The Morgan fingerprint density at radius 3 is 2.18 bits per heavy atom. The summed E-state index contributed by atoms with van der Waals surface area (Å²) < 4.78 is 0. The minimum atomic E-state index is -0.596. The van der Waals surface area contributed by atoms with Gasteiger partial charge in [-0.05, 0) is 6.92 Å². The molecule has 0 aliphatic carbocycles. The maximum Gasteiger partial charge on any atom is 0.237 e. The van der Waals surface area contributed by atoms with E-state index in [0.717, 1.165) is 0 Å². The predicted molar refractivity (Wildman–Crippen MR) is 61.8 cm³/mol. The molecule has 1 aromatic heterocycles. The van der Waals surface area contributed by atoms with Crippen LogP contribution in [-0.2, 0) is 9.59 Å². The Labute approximate surface area is 97.8 Å². The van der Waals surface area contributed by atoms with E-state index < -0.39 is 11.8 Å². The molecule has 1 aromatic rings. The summed E-state index contributed by atoms with van der Waals surface area (Å²) in [6.45, 7) is 1.38. The highest BCUT2D eigenvalue weighted by atomic mass is 16.2. The van der Waals surface area contributed by atoms with Crippen LogP contribution in [0.4, 0.5) is 11.8 Å². The molecule has 0 atom stereocenters. The first kappa shape index (κ1) is 12.7. The van der Waals surface area contributed by atoms with Crippen molar-refractivity contribution in [2.24, 2.45) is 11.5 Å². The van der Waals surface area contributed by atoms with Gasteiger partial charge in [-0.3, -0.25) is 9.59 Å². The van der Waals surface area contributed by atoms with Crippen LogP contribution in [0, 0.1) is 6.92 Å². The lowest BCUT2D eigenvalue weighted by molar-refractivity contribution is -0.117. The van der Waals surface area contributed by atoms with Crippen LogP contribution in [0.3, 0.4) is 0 Å². The molecule has 92 valence electrons. The highest BCUT2D eigenvalue weighted by Crippen LogP contribution is 2.12. The molecule has 0 spiro atoms. The van der Waals surface area contributed by atoms with Gasteiger partial charge in [0.1, 0.15) is 5.82 Å². The van der Waals surface area contributed by atoms with Crippen molar-refractivity contribution < 1.29 is 9.59 Å². The lowest BCUT2D eigenvalue weighted by atomic mass is 10.3. The summed E-state index contributed by atoms with van der Waals surface area (Å²) in [4.78, 5) is 30.9. The summed E-state index contributed by atoms with van der Waals surface area (Å²) >= 11 is 0. The van der Waals surface area contributed by atoms with Gasteiger partial charge < -0.3 is 22.1 Å². The van der Waals surface area contributed by atoms with Crippen LogP contribution in [0.1, 0.15) is 5.69 Å². The van der Waals surface area contributed by atoms with E-state index in [-0.39, 0.29) is 19.0 Å². The van der Waals surface area contributed by atoms with E-state index in [0.29, 0.717) is 11.5 Å². The average Bonchev–Trinajstić information content (AvgIpc) is 2.13. The molecule has 0 radical (unpaired) electrons. The van der Waals surface area contributed by atoms with Gasteiger partial charge in [0, 0.05) is 11.8 Å². The van der Waals surface area contributed by atoms with Gasteiger partial charge in [0.25, 0.3) is 0 Å². The zero-order valence-corrected chi connectivity index (χ0v) is 9.38. The van der Waals surface area contributed by atoms with Crippen molar-refractivity contribution in [3.05, 3.63) is 11.8 Å². The van der Waals surface area contributed by atoms with E-state index in [9.17, 15) is 9.59 Å². The topological polar surface area (TPSA) is 141 Å². The van der Waals surface area contributed by atoms with E-state index in [1.165, 1.54) is 4.90 Å². The van der Waals surface area contributed by atoms with Gasteiger partial charge in [-0.2, -0.15) is 4.98 Å². The predicted octanol–water partition coefficient (Wildman–Crippen LogP) is -1.86. The summed E-state index contributed by atoms with van der Waals surface area (Å²) in [5, 5.41) is 0. The van der Waals surface area contributed by atoms with Crippen molar-refractivity contribution >= 4 is 23.6 Å². The third-order valence-corrected chi connectivity index (χ3v) is 1.88. The van der Waals surface area contributed by atoms with Gasteiger partial charge in [-0.1, -0.05) is 0 Å². The number of carbonyl (C=O) groups excluding carboxylic acids is 2. The standard InChI is InChI=1S/C9H14N6O2/c1-5-2-8(14-9(12)13-5)15(3-6(10)16)4-7(11)17/h2H,3-4H2,1H3,(H2,10,16)(H2,11,17)(H2,12,13,14). The molecule has 0 aliphatic heterocycles. The van der Waals surface area contributed by atoms with Crippen molar-refractivity contribution in [1.82, 2.24) is 9.97 Å². The fraction of sp³-hybridized carbons (Fsp3) is 0.333. The lowest BCUT2D eigenvalue weighted by Gasteiger charge is -2.20. The third-order valence-electron chi connectivity index (χ3n) is 1.88. The van der Waals surface area contributed by atoms with Crippen LogP contribution in [0.5, 0.6) is 0 Å². The van der Waals surface area contributed by atoms with Gasteiger partial charge >= 0.3 is 0 Å². The Bertz CT molecular complexity index is 411. The van der Waals surface area contributed by atoms with Crippen molar-refractivity contribution in [1.29, 1.82) is 0 Å². The molecule has 0 bridgehead atoms. The molecule has 2 amide bonds. The summed E-state index contributed by atoms with van der Waals surface area (Å²) in [6, 6.07) is 1.59. The van der Waals surface area contributed by atoms with E-state index in [4.69, 9.17) is 17.2 Å². The number of nitrogen functional groups attached to an aromatic ring is 1. The van der Waals surface area contributed by atoms with Crippen LogP contribution in [-0.4, -0.2) is 34.9 Å². The molecule has 0 fully saturated rings. The van der Waals surface area contributed by atoms with Gasteiger partial charge in [0.15, 0.2) is 0 Å². The Balaban J connectivity index is 3.02. The third kappa shape index (κ3) is 3.93. The summed E-state index contributed by atoms with van der Waals surface area (Å²) in [6.07, 6.45) is 0. The Morgan fingerprint density at radius 1 is 1.24 bits per heavy atom. The van der Waals surface area contributed by atoms with E-state index in [2.05, 4.69) is 9.97 Å². The zero-order chi connectivity index (χ0) is 13.0. The SMILES string of the molecule is Cc1cc(N(CC(N)=O)CC(N)=O)nc(N)n1. The highest BCUT2D eigenvalue weighted by Gasteiger charge is 2.14. The number of nitrogens with zero attached hydrogens (tertiary/aromatic N) is 3. The number of hydrogen-bond acceptors (Lipinski definition) is 6. The summed E-state index contributed by atoms with van der Waals surface area (Å²) in [5.74, 6) is -0.797. The van der Waals surface area contributed by atoms with Crippen molar-refractivity contribution in [3.63, 3.8) is 0 Å². The number of carbonyl (C=O) groups is 2. The molecule has 0 saturated heterocycles. The molecule has 1 rings (SSSR count). The monoisotopic (exact) mass is 238 g/mol. The molecule has 0 aliphatic rings. The second kappa shape index (κ2) is 5.10. The van der Waals surface area contributed by atoms with E-state index in [1.54, 1.807) is 13.0 Å². The molecule has 8 nitrogen and oxygen atoms in total. The molecule has 0 aromatic carbocycles. The van der Waals surface area contributed by atoms with Gasteiger partial charge in [0.05, 0.1) is 13.1 Å². The maximum absolute atomic E-state index is 10.9. The molecule has 6 N–H and O–H groups in total. The second-order valence-electron chi connectivity index (χ2n) is 3.51. The quantitative estimate of drug-likeness (QED) is 0.549. The van der Waals surface area contributed by atoms with Crippen molar-refractivity contribution in [3.8, 4) is 0 Å². The minimum absolute atomic E-state index is 0.0546. The van der Waals surface area contributed by atoms with Crippen LogP contribution in [0.15, 0.2) is 6.07 Å². The van der Waals surface area contributed by atoms with Gasteiger partial charge in [-0.25, -0.2) is 4.98 Å². The number of anilines is 2. The van der Waals surface area contributed by atoms with Gasteiger partial charge in [0.2, 0.25) is 17.8 Å². The fourth-order valence-corrected chi connectivity index (χ4v) is 1.33. The molecule has 17 heavy (non-hydrogen) atoms. The van der Waals surface area contributed by atoms with Crippen LogP contribution in [0.25, 0.3) is 0 Å². The normalized spacial score (nSPS) is 9.94. The lowest BCUT2D eigenvalue weighted by Crippen LogP contribution is -2.40. The molecular formula is C9H14N6O2. The molecule has 0 unspecified atom stereocenters. The van der Waals surface area contributed by atoms with Gasteiger partial charge in [-0.15, -0.1) is 0 Å². The van der Waals surface area contributed by atoms with E-state index >= 15 is 0 Å². The molecule has 8 heteroatoms. The van der Waals surface area contributed by atoms with E-state index in [1.807, 2.05) is 0 Å². The first-order valence-corrected chi connectivity index (χ1v) is 4.81. The Kier molecular flexibility index (Phi) is 3.81. The first-order chi connectivity index (χ1) is 7.88. The smallest absolute Gasteiger partial charge is 0.237 e. The highest BCUT2D eigenvalue weighted by molar-refractivity contribution is 5.84. The maximum atomic E-state index is 10.9. The molecular weight excluding hydrogens is 224 g/mol. The minimum Gasteiger partial charge on any atom is -0.368 e. The number of aromatic nitrogens is 2. The number of primary amides is 2. The van der Waals surface area contributed by atoms with Crippen LogP contribution >= 0.6 is 0 Å². The first-order valence-electron chi connectivity index (χ1n) is 4.81. The number of nitrogens with two attached hydrogens (primary N) is 3. The van der Waals surface area contributed by atoms with Crippen molar-refractivity contribution in [2.75, 3.05) is 23.7 Å². The fourth-order valence-electron chi connectivity index (χ4n) is 1.33. The van der Waals surface area contributed by atoms with Crippen molar-refractivity contribution in [2.45, 2.75) is 6.92 Å². The largest absolute Gasteiger partial charge is 0.368 e. The average molecular weight is 238 g/mol. The summed E-state index contributed by atoms with van der Waals surface area (Å²) in [5.41, 5.74) is 16.2. The number of rotatable bonds is 5. The number of amides is 2. The van der Waals surface area contributed by atoms with Crippen LogP contribution < -0.4 is 22.1 Å². The number of hydrogen-bond donors (Lipinski definition) is 3. The molecule has 1 heterocycles. The summed E-state index contributed by atoms with van der Waals surface area (Å²) in [7, 11) is 0. The Morgan fingerprint density at radius 2 is 1.76 bits per heavy atom. The Hall–Kier alpha value is -2.38.